The molecule has 0 saturated heterocycles. The quantitative estimate of drug-likeness (QED) is 0.0953. The molecule has 0 unspecified atom stereocenters. The van der Waals surface area contributed by atoms with E-state index in [1.54, 1.807) is 34.0 Å². The maximum Gasteiger partial charge on any atom is 0.181 e. The number of anilines is 1. The molecule has 4 nitrogen and oxygen atoms in total. The van der Waals surface area contributed by atoms with Gasteiger partial charge in [-0.3, -0.25) is 9.59 Å². The highest BCUT2D eigenvalue weighted by molar-refractivity contribution is 7.30. The van der Waals surface area contributed by atoms with Crippen molar-refractivity contribution in [3.05, 3.63) is 135 Å². The van der Waals surface area contributed by atoms with E-state index in [1.165, 1.54) is 37.3 Å². The van der Waals surface area contributed by atoms with E-state index < -0.39 is 0 Å². The minimum Gasteiger partial charge on any atom is -0.374 e. The minimum absolute atomic E-state index is 0.0600. The molecule has 0 amide bonds. The van der Waals surface area contributed by atoms with E-state index in [1.807, 2.05) is 62.4 Å². The molecule has 11 heteroatoms. The van der Waals surface area contributed by atoms with Crippen LogP contribution < -0.4 is 10.6 Å². The fourth-order valence-corrected chi connectivity index (χ4v) is 12.1. The van der Waals surface area contributed by atoms with Gasteiger partial charge in [0, 0.05) is 41.2 Å². The number of carbonyl (C=O) groups is 2. The third-order valence-corrected chi connectivity index (χ3v) is 15.4. The highest BCUT2D eigenvalue weighted by Gasteiger charge is 2.26. The maximum absolute atomic E-state index is 13.9. The Labute approximate surface area is 340 Å². The van der Waals surface area contributed by atoms with E-state index in [0.717, 1.165) is 41.2 Å². The van der Waals surface area contributed by atoms with Crippen molar-refractivity contribution in [2.45, 2.75) is 45.2 Å². The Morgan fingerprint density at radius 2 is 1.06 bits per heavy atom. The molecule has 2 N–H and O–H groups in total. The van der Waals surface area contributed by atoms with E-state index in [0.29, 0.717) is 40.0 Å². The molecule has 0 fully saturated rings. The lowest BCUT2D eigenvalue weighted by Crippen LogP contribution is -2.38. The van der Waals surface area contributed by atoms with Crippen molar-refractivity contribution in [3.8, 4) is 39.0 Å². The summed E-state index contributed by atoms with van der Waals surface area (Å²) in [7, 11) is 0. The fourth-order valence-electron chi connectivity index (χ4n) is 6.24. The van der Waals surface area contributed by atoms with Crippen LogP contribution in [-0.4, -0.2) is 30.2 Å². The molecule has 2 atom stereocenters. The van der Waals surface area contributed by atoms with Crippen LogP contribution in [0.1, 0.15) is 41.8 Å². The summed E-state index contributed by atoms with van der Waals surface area (Å²) in [4.78, 5) is 35.7. The second-order valence-electron chi connectivity index (χ2n) is 12.4. The molecule has 2 aromatic carbocycles. The van der Waals surface area contributed by atoms with Crippen LogP contribution in [0.4, 0.5) is 5.69 Å². The molecule has 0 aliphatic heterocycles. The summed E-state index contributed by atoms with van der Waals surface area (Å²) < 4.78 is 1.28. The molecule has 7 aromatic rings. The van der Waals surface area contributed by atoms with Gasteiger partial charge in [-0.25, -0.2) is 0 Å². The summed E-state index contributed by atoms with van der Waals surface area (Å²) in [6.45, 7) is 4.63. The van der Waals surface area contributed by atoms with Gasteiger partial charge in [-0.05, 0) is 79.0 Å². The van der Waals surface area contributed by atoms with Gasteiger partial charge in [0.1, 0.15) is 0 Å². The standard InChI is InChI=1S/C42H36Cl2N2O2S5/c1-3-31(47)28(21-25-11-7-5-8-12-25)46-30-24-39(44)53-42(30)37-20-18-35(51-37)33-16-15-32(49-33)34-17-19-36(50-34)41-27(23-38(43)52-41)40(48)29(45-4-2)22-26-13-9-6-10-14-26/h5-20,23-24,28-29,45-46H,3-4,21-22H2,1-2H3/t28-,29-/m0/s1. The van der Waals surface area contributed by atoms with Crippen molar-refractivity contribution < 1.29 is 9.59 Å². The average molecular weight is 832 g/mol. The number of ketones is 2. The minimum atomic E-state index is -0.343. The van der Waals surface area contributed by atoms with Gasteiger partial charge in [0.15, 0.2) is 11.6 Å². The Morgan fingerprint density at radius 1 is 0.585 bits per heavy atom. The predicted octanol–water partition coefficient (Wildman–Crippen LogP) is 13.4. The molecule has 5 aromatic heterocycles. The van der Waals surface area contributed by atoms with E-state index in [-0.39, 0.29) is 23.7 Å². The van der Waals surface area contributed by atoms with Gasteiger partial charge in [0.2, 0.25) is 0 Å². The molecule has 5 heterocycles. The van der Waals surface area contributed by atoms with Crippen molar-refractivity contribution in [2.24, 2.45) is 0 Å². The van der Waals surface area contributed by atoms with Gasteiger partial charge < -0.3 is 10.6 Å². The zero-order chi connectivity index (χ0) is 36.9. The first kappa shape index (κ1) is 37.9. The smallest absolute Gasteiger partial charge is 0.181 e. The number of rotatable bonds is 16. The molecule has 0 spiro atoms. The molecule has 0 saturated carbocycles. The predicted molar refractivity (Wildman–Crippen MR) is 232 cm³/mol. The molecular formula is C42H36Cl2N2O2S5. The Hall–Kier alpha value is -3.38. The van der Waals surface area contributed by atoms with Gasteiger partial charge in [-0.2, -0.15) is 0 Å². The molecule has 0 bridgehead atoms. The first-order valence-electron chi connectivity index (χ1n) is 17.3. The third kappa shape index (κ3) is 8.96. The van der Waals surface area contributed by atoms with E-state index >= 15 is 0 Å². The number of carbonyl (C=O) groups excluding carboxylic acids is 2. The zero-order valence-corrected chi connectivity index (χ0v) is 34.6. The summed E-state index contributed by atoms with van der Waals surface area (Å²) in [5, 5.41) is 6.95. The number of hydrogen-bond acceptors (Lipinski definition) is 9. The largest absolute Gasteiger partial charge is 0.374 e. The van der Waals surface area contributed by atoms with Gasteiger partial charge >= 0.3 is 0 Å². The number of likely N-dealkylation sites (N-methyl/N-ethyl adjacent to an activating group) is 1. The Balaban J connectivity index is 1.09. The summed E-state index contributed by atoms with van der Waals surface area (Å²) >= 11 is 21.3. The van der Waals surface area contributed by atoms with Crippen LogP contribution in [0.3, 0.4) is 0 Å². The third-order valence-electron chi connectivity index (χ3n) is 8.82. The topological polar surface area (TPSA) is 58.2 Å². The highest BCUT2D eigenvalue weighted by atomic mass is 35.5. The first-order chi connectivity index (χ1) is 25.8. The molecule has 0 radical (unpaired) electrons. The van der Waals surface area contributed by atoms with Crippen LogP contribution in [0.2, 0.25) is 8.67 Å². The van der Waals surface area contributed by atoms with Gasteiger partial charge in [-0.15, -0.1) is 56.7 Å². The second kappa shape index (κ2) is 17.4. The Bertz CT molecular complexity index is 2320. The van der Waals surface area contributed by atoms with Gasteiger partial charge in [-0.1, -0.05) is 97.7 Å². The fraction of sp³-hybridized carbons (Fsp3) is 0.190. The summed E-state index contributed by atoms with van der Waals surface area (Å²) in [6, 6.07) is 36.2. The molecule has 0 aliphatic rings. The average Bonchev–Trinajstić information content (AvgIpc) is 4.02. The van der Waals surface area contributed by atoms with Gasteiger partial charge in [0.05, 0.1) is 36.2 Å². The van der Waals surface area contributed by atoms with Crippen LogP contribution in [0, 0.1) is 0 Å². The number of hydrogen-bond donors (Lipinski definition) is 2. The lowest BCUT2D eigenvalue weighted by molar-refractivity contribution is -0.119. The monoisotopic (exact) mass is 830 g/mol. The number of benzene rings is 2. The van der Waals surface area contributed by atoms with Crippen molar-refractivity contribution in [1.29, 1.82) is 0 Å². The van der Waals surface area contributed by atoms with Gasteiger partial charge in [0.25, 0.3) is 0 Å². The summed E-state index contributed by atoms with van der Waals surface area (Å²) in [6.07, 6.45) is 1.68. The molecule has 53 heavy (non-hydrogen) atoms. The Morgan fingerprint density at radius 3 is 1.60 bits per heavy atom. The SMILES string of the molecule is CCN[C@@H](Cc1ccccc1)C(=O)c1cc(Cl)sc1-c1ccc(-c2ccc(-c3ccc(-c4sc(Cl)cc4N[C@@H](Cc4ccccc4)C(=O)CC)s3)s2)s1. The van der Waals surface area contributed by atoms with Crippen LogP contribution >= 0.6 is 79.9 Å². The number of halogens is 2. The van der Waals surface area contributed by atoms with E-state index in [9.17, 15) is 9.59 Å². The maximum atomic E-state index is 13.9. The number of thiophene rings is 5. The van der Waals surface area contributed by atoms with E-state index in [4.69, 9.17) is 23.2 Å². The summed E-state index contributed by atoms with van der Waals surface area (Å²) in [5.74, 6) is 0.229. The second-order valence-corrected chi connectivity index (χ2v) is 19.1. The zero-order valence-electron chi connectivity index (χ0n) is 29.0. The number of nitrogens with one attached hydrogen (secondary N) is 2. The van der Waals surface area contributed by atoms with Crippen molar-refractivity contribution in [3.63, 3.8) is 0 Å². The van der Waals surface area contributed by atoms with Crippen LogP contribution in [-0.2, 0) is 17.6 Å². The summed E-state index contributed by atoms with van der Waals surface area (Å²) in [5.41, 5.74) is 3.79. The molecule has 7 rings (SSSR count). The highest BCUT2D eigenvalue weighted by Crippen LogP contribution is 2.48. The van der Waals surface area contributed by atoms with Crippen LogP contribution in [0.5, 0.6) is 0 Å². The van der Waals surface area contributed by atoms with Crippen molar-refractivity contribution in [1.82, 2.24) is 5.32 Å². The normalized spacial score (nSPS) is 12.5. The lowest BCUT2D eigenvalue weighted by atomic mass is 9.97. The molecule has 270 valence electrons. The van der Waals surface area contributed by atoms with Crippen molar-refractivity contribution in [2.75, 3.05) is 11.9 Å². The lowest BCUT2D eigenvalue weighted by Gasteiger charge is -2.18. The van der Waals surface area contributed by atoms with Crippen LogP contribution in [0.15, 0.2) is 109 Å². The van der Waals surface area contributed by atoms with Crippen molar-refractivity contribution >= 4 is 97.1 Å². The molecular weight excluding hydrogens is 796 g/mol. The van der Waals surface area contributed by atoms with E-state index in [2.05, 4.69) is 71.3 Å². The number of Topliss-reactive ketones (excluding diaryl/α,β-unsaturated/α-hetero) is 2. The Kier molecular flexibility index (Phi) is 12.4. The van der Waals surface area contributed by atoms with Crippen LogP contribution in [0.25, 0.3) is 39.0 Å². The molecule has 0 aliphatic carbocycles. The first-order valence-corrected chi connectivity index (χ1v) is 22.2.